The maximum atomic E-state index is 13.7. The van der Waals surface area contributed by atoms with Gasteiger partial charge in [0, 0.05) is 17.0 Å². The fourth-order valence-corrected chi connectivity index (χ4v) is 8.68. The number of anilines is 1. The van der Waals surface area contributed by atoms with Crippen LogP contribution in [-0.4, -0.2) is 18.9 Å². The van der Waals surface area contributed by atoms with E-state index in [1.165, 1.54) is 24.1 Å². The highest BCUT2D eigenvalue weighted by atomic mass is 32.1. The van der Waals surface area contributed by atoms with Crippen molar-refractivity contribution in [2.45, 2.75) is 64.3 Å². The van der Waals surface area contributed by atoms with Gasteiger partial charge in [-0.15, -0.1) is 11.3 Å². The van der Waals surface area contributed by atoms with Crippen molar-refractivity contribution in [3.8, 4) is 5.75 Å². The molecule has 4 bridgehead atoms. The lowest BCUT2D eigenvalue weighted by molar-refractivity contribution is -0.127. The first-order valence-electron chi connectivity index (χ1n) is 12.4. The summed E-state index contributed by atoms with van der Waals surface area (Å²) in [6.07, 6.45) is 10.00. The molecule has 0 spiro atoms. The van der Waals surface area contributed by atoms with E-state index in [2.05, 4.69) is 10.6 Å². The molecular formula is C27H32N2O3S. The predicted octanol–water partition coefficient (Wildman–Crippen LogP) is 5.33. The molecular weight excluding hydrogens is 432 g/mol. The molecule has 5 aliphatic rings. The summed E-state index contributed by atoms with van der Waals surface area (Å²) < 4.78 is 5.44. The third kappa shape index (κ3) is 3.49. The standard InChI is InChI=1S/C27H32N2O3S/c1-32-21-8-4-2-6-18(21)15-28-24(30)23-20-7-3-5-9-22(20)33-25(23)29-26(31)27-13-16-10-17(14-27)12-19(27)11-16/h2,4,6,8,16-17,19H,3,5,7,9-15H2,1H3,(H,28,30)(H,29,31). The minimum absolute atomic E-state index is 0.0923. The van der Waals surface area contributed by atoms with Crippen LogP contribution in [0.4, 0.5) is 5.00 Å². The Labute approximate surface area is 199 Å². The normalized spacial score (nSPS) is 29.1. The van der Waals surface area contributed by atoms with Gasteiger partial charge in [0.15, 0.2) is 0 Å². The number of nitrogens with one attached hydrogen (secondary N) is 2. The molecule has 174 valence electrons. The summed E-state index contributed by atoms with van der Waals surface area (Å²) in [5, 5.41) is 7.18. The molecule has 1 aromatic heterocycles. The summed E-state index contributed by atoms with van der Waals surface area (Å²) in [4.78, 5) is 28.4. The van der Waals surface area contributed by atoms with Gasteiger partial charge < -0.3 is 15.4 Å². The first kappa shape index (κ1) is 21.2. The number of hydrogen-bond acceptors (Lipinski definition) is 4. The highest BCUT2D eigenvalue weighted by molar-refractivity contribution is 7.17. The fraction of sp³-hybridized carbons (Fsp3) is 0.556. The number of ether oxygens (including phenoxy) is 1. The number of para-hydroxylation sites is 1. The number of hydrogen-bond donors (Lipinski definition) is 2. The molecule has 5 aliphatic carbocycles. The van der Waals surface area contributed by atoms with Crippen molar-refractivity contribution in [1.29, 1.82) is 0 Å². The molecule has 0 saturated heterocycles. The second-order valence-electron chi connectivity index (χ2n) is 10.6. The van der Waals surface area contributed by atoms with Crippen LogP contribution in [0.5, 0.6) is 5.75 Å². The zero-order valence-corrected chi connectivity index (χ0v) is 20.1. The number of fused-ring (bicyclic) bond motifs is 1. The molecule has 7 rings (SSSR count). The highest BCUT2D eigenvalue weighted by Crippen LogP contribution is 2.65. The van der Waals surface area contributed by atoms with Crippen LogP contribution in [0.3, 0.4) is 0 Å². The van der Waals surface area contributed by atoms with E-state index in [9.17, 15) is 9.59 Å². The molecule has 33 heavy (non-hydrogen) atoms. The van der Waals surface area contributed by atoms with E-state index in [0.717, 1.165) is 72.2 Å². The Bertz CT molecular complexity index is 1090. The van der Waals surface area contributed by atoms with Gasteiger partial charge in [-0.25, -0.2) is 0 Å². The lowest BCUT2D eigenvalue weighted by Gasteiger charge is -2.31. The van der Waals surface area contributed by atoms with Gasteiger partial charge in [0.25, 0.3) is 5.91 Å². The van der Waals surface area contributed by atoms with Crippen LogP contribution in [0.25, 0.3) is 0 Å². The summed E-state index contributed by atoms with van der Waals surface area (Å²) in [6, 6.07) is 7.75. The van der Waals surface area contributed by atoms with Gasteiger partial charge in [0.05, 0.1) is 18.1 Å². The van der Waals surface area contributed by atoms with Crippen molar-refractivity contribution < 1.29 is 14.3 Å². The summed E-state index contributed by atoms with van der Waals surface area (Å²) in [5.74, 6) is 2.85. The van der Waals surface area contributed by atoms with E-state index in [1.807, 2.05) is 24.3 Å². The molecule has 2 aromatic rings. The second kappa shape index (κ2) is 8.15. The molecule has 0 radical (unpaired) electrons. The van der Waals surface area contributed by atoms with Crippen LogP contribution in [0.15, 0.2) is 24.3 Å². The summed E-state index contributed by atoms with van der Waals surface area (Å²) in [7, 11) is 1.65. The molecule has 5 nitrogen and oxygen atoms in total. The van der Waals surface area contributed by atoms with Crippen LogP contribution in [0.2, 0.25) is 0 Å². The molecule has 4 saturated carbocycles. The SMILES string of the molecule is COc1ccccc1CNC(=O)c1c(NC(=O)C23CC4CC(CC2C4)C3)sc2c1CCCC2. The van der Waals surface area contributed by atoms with E-state index >= 15 is 0 Å². The average molecular weight is 465 g/mol. The third-order valence-corrected chi connectivity index (χ3v) is 9.91. The predicted molar refractivity (Wildman–Crippen MR) is 130 cm³/mol. The summed E-state index contributed by atoms with van der Waals surface area (Å²) in [5.41, 5.74) is 2.60. The first-order chi connectivity index (χ1) is 16.1. The number of amides is 2. The minimum Gasteiger partial charge on any atom is -0.496 e. The molecule has 2 N–H and O–H groups in total. The Morgan fingerprint density at radius 3 is 2.64 bits per heavy atom. The Balaban J connectivity index is 1.26. The highest BCUT2D eigenvalue weighted by Gasteiger charge is 2.61. The Hall–Kier alpha value is -2.34. The van der Waals surface area contributed by atoms with Crippen molar-refractivity contribution in [2.24, 2.45) is 23.2 Å². The average Bonchev–Trinajstić information content (AvgIpc) is 3.40. The topological polar surface area (TPSA) is 67.4 Å². The van der Waals surface area contributed by atoms with Crippen molar-refractivity contribution in [3.05, 3.63) is 45.8 Å². The van der Waals surface area contributed by atoms with Gasteiger partial charge in [0.1, 0.15) is 10.8 Å². The third-order valence-electron chi connectivity index (χ3n) is 8.70. The first-order valence-corrected chi connectivity index (χ1v) is 13.2. The van der Waals surface area contributed by atoms with Crippen molar-refractivity contribution >= 4 is 28.2 Å². The van der Waals surface area contributed by atoms with Crippen LogP contribution in [-0.2, 0) is 24.2 Å². The number of thiophene rings is 1. The fourth-order valence-electron chi connectivity index (χ4n) is 7.40. The van der Waals surface area contributed by atoms with E-state index in [1.54, 1.807) is 18.4 Å². The quantitative estimate of drug-likeness (QED) is 0.607. The number of aryl methyl sites for hydroxylation is 1. The van der Waals surface area contributed by atoms with E-state index < -0.39 is 0 Å². The van der Waals surface area contributed by atoms with Gasteiger partial charge in [-0.2, -0.15) is 0 Å². The van der Waals surface area contributed by atoms with E-state index in [4.69, 9.17) is 4.74 Å². The monoisotopic (exact) mass is 464 g/mol. The smallest absolute Gasteiger partial charge is 0.254 e. The molecule has 1 aromatic carbocycles. The van der Waals surface area contributed by atoms with Crippen LogP contribution in [0.1, 0.15) is 71.3 Å². The van der Waals surface area contributed by atoms with Crippen molar-refractivity contribution in [1.82, 2.24) is 5.32 Å². The molecule has 2 unspecified atom stereocenters. The largest absolute Gasteiger partial charge is 0.496 e. The molecule has 2 atom stereocenters. The number of benzene rings is 1. The zero-order chi connectivity index (χ0) is 22.6. The van der Waals surface area contributed by atoms with Crippen LogP contribution >= 0.6 is 11.3 Å². The maximum absolute atomic E-state index is 13.7. The lowest BCUT2D eigenvalue weighted by Crippen LogP contribution is -2.37. The van der Waals surface area contributed by atoms with E-state index in [-0.39, 0.29) is 17.2 Å². The Morgan fingerprint density at radius 1 is 1.09 bits per heavy atom. The van der Waals surface area contributed by atoms with Crippen molar-refractivity contribution in [3.63, 3.8) is 0 Å². The van der Waals surface area contributed by atoms with Crippen molar-refractivity contribution in [2.75, 3.05) is 12.4 Å². The molecule has 2 amide bonds. The van der Waals surface area contributed by atoms with E-state index in [0.29, 0.717) is 18.0 Å². The Morgan fingerprint density at radius 2 is 1.85 bits per heavy atom. The number of methoxy groups -OCH3 is 1. The molecule has 1 heterocycles. The van der Waals surface area contributed by atoms with Gasteiger partial charge >= 0.3 is 0 Å². The molecule has 0 aliphatic heterocycles. The lowest BCUT2D eigenvalue weighted by atomic mass is 9.75. The number of carbonyl (C=O) groups excluding carboxylic acids is 2. The van der Waals surface area contributed by atoms with Gasteiger partial charge in [-0.3, -0.25) is 9.59 Å². The van der Waals surface area contributed by atoms with Gasteiger partial charge in [0.2, 0.25) is 5.91 Å². The summed E-state index contributed by atoms with van der Waals surface area (Å²) in [6.45, 7) is 0.399. The number of rotatable bonds is 6. The molecule has 6 heteroatoms. The minimum atomic E-state index is -0.191. The summed E-state index contributed by atoms with van der Waals surface area (Å²) >= 11 is 1.63. The van der Waals surface area contributed by atoms with Gasteiger partial charge in [-0.05, 0) is 87.2 Å². The zero-order valence-electron chi connectivity index (χ0n) is 19.2. The number of carbonyl (C=O) groups is 2. The second-order valence-corrected chi connectivity index (χ2v) is 11.7. The molecule has 4 fully saturated rings. The van der Waals surface area contributed by atoms with Crippen LogP contribution < -0.4 is 15.4 Å². The maximum Gasteiger partial charge on any atom is 0.254 e. The van der Waals surface area contributed by atoms with Crippen LogP contribution in [0, 0.1) is 23.2 Å². The Kier molecular flexibility index (Phi) is 5.24. The van der Waals surface area contributed by atoms with Gasteiger partial charge in [-0.1, -0.05) is 18.2 Å².